The molecule has 0 fully saturated rings. The first-order valence-corrected chi connectivity index (χ1v) is 5.46. The van der Waals surface area contributed by atoms with E-state index in [-0.39, 0.29) is 11.6 Å². The molecule has 0 atom stereocenters. The van der Waals surface area contributed by atoms with Crippen molar-refractivity contribution in [3.63, 3.8) is 0 Å². The van der Waals surface area contributed by atoms with Gasteiger partial charge in [0.15, 0.2) is 5.78 Å². The van der Waals surface area contributed by atoms with Crippen LogP contribution in [0.15, 0.2) is 35.0 Å². The highest BCUT2D eigenvalue weighted by atomic mass is 32.1. The molecule has 0 saturated carbocycles. The fraction of sp³-hybridized carbons (Fsp3) is 0.0833. The molecule has 1 aromatic heterocycles. The number of halogens is 1. The first kappa shape index (κ1) is 10.1. The third-order valence-electron chi connectivity index (χ3n) is 2.22. The van der Waals surface area contributed by atoms with Gasteiger partial charge >= 0.3 is 0 Å². The average Bonchev–Trinajstić information content (AvgIpc) is 2.69. The van der Waals surface area contributed by atoms with Crippen molar-refractivity contribution in [3.05, 3.63) is 57.5 Å². The molecule has 1 nitrogen and oxygen atoms in total. The minimum Gasteiger partial charge on any atom is -0.289 e. The van der Waals surface area contributed by atoms with Gasteiger partial charge in [-0.05, 0) is 42.1 Å². The molecule has 0 radical (unpaired) electrons. The molecule has 0 spiro atoms. The number of benzene rings is 1. The van der Waals surface area contributed by atoms with Gasteiger partial charge in [-0.2, -0.15) is 11.3 Å². The third kappa shape index (κ3) is 1.97. The number of hydrogen-bond acceptors (Lipinski definition) is 2. The highest BCUT2D eigenvalue weighted by Gasteiger charge is 2.12. The number of carbonyl (C=O) groups excluding carboxylic acids is 1. The Balaban J connectivity index is 2.42. The van der Waals surface area contributed by atoms with Gasteiger partial charge in [0.2, 0.25) is 0 Å². The molecular weight excluding hydrogens is 211 g/mol. The second-order valence-electron chi connectivity index (χ2n) is 3.30. The quantitative estimate of drug-likeness (QED) is 0.709. The number of ketones is 1. The van der Waals surface area contributed by atoms with Crippen LogP contribution in [0.4, 0.5) is 4.39 Å². The van der Waals surface area contributed by atoms with Gasteiger partial charge < -0.3 is 0 Å². The Bertz CT molecular complexity index is 488. The monoisotopic (exact) mass is 220 g/mol. The molecule has 2 rings (SSSR count). The van der Waals surface area contributed by atoms with E-state index in [9.17, 15) is 9.18 Å². The lowest BCUT2D eigenvalue weighted by atomic mass is 10.0. The van der Waals surface area contributed by atoms with Crippen molar-refractivity contribution in [2.24, 2.45) is 0 Å². The summed E-state index contributed by atoms with van der Waals surface area (Å²) in [6.07, 6.45) is 0. The van der Waals surface area contributed by atoms with Crippen LogP contribution >= 0.6 is 11.3 Å². The maximum Gasteiger partial charge on any atom is 0.194 e. The number of aryl methyl sites for hydroxylation is 1. The zero-order chi connectivity index (χ0) is 10.8. The maximum absolute atomic E-state index is 12.8. The summed E-state index contributed by atoms with van der Waals surface area (Å²) in [5.74, 6) is -0.358. The topological polar surface area (TPSA) is 17.1 Å². The molecular formula is C12H9FOS. The van der Waals surface area contributed by atoms with Gasteiger partial charge in [0.05, 0.1) is 0 Å². The summed E-state index contributed by atoms with van der Waals surface area (Å²) < 4.78 is 12.8. The highest BCUT2D eigenvalue weighted by Crippen LogP contribution is 2.17. The molecule has 0 aliphatic carbocycles. The van der Waals surface area contributed by atoms with Gasteiger partial charge in [-0.1, -0.05) is 0 Å². The van der Waals surface area contributed by atoms with Crippen LogP contribution in [0, 0.1) is 12.7 Å². The summed E-state index contributed by atoms with van der Waals surface area (Å²) >= 11 is 1.48. The summed E-state index contributed by atoms with van der Waals surface area (Å²) in [5, 5.41) is 3.65. The molecule has 3 heteroatoms. The predicted octanol–water partition coefficient (Wildman–Crippen LogP) is 3.43. The van der Waals surface area contributed by atoms with Crippen LogP contribution in [0.1, 0.15) is 21.5 Å². The number of thiophene rings is 1. The molecule has 0 bridgehead atoms. The second kappa shape index (κ2) is 3.95. The summed E-state index contributed by atoms with van der Waals surface area (Å²) in [4.78, 5) is 11.9. The Morgan fingerprint density at radius 1 is 1.33 bits per heavy atom. The molecule has 1 heterocycles. The van der Waals surface area contributed by atoms with Gasteiger partial charge in [0.25, 0.3) is 0 Å². The van der Waals surface area contributed by atoms with E-state index in [2.05, 4.69) is 0 Å². The molecule has 0 aliphatic heterocycles. The van der Waals surface area contributed by atoms with E-state index in [1.807, 2.05) is 5.38 Å². The molecule has 1 aromatic carbocycles. The summed E-state index contributed by atoms with van der Waals surface area (Å²) in [7, 11) is 0. The Hall–Kier alpha value is -1.48. The second-order valence-corrected chi connectivity index (χ2v) is 4.08. The lowest BCUT2D eigenvalue weighted by Crippen LogP contribution is -2.02. The van der Waals surface area contributed by atoms with Crippen molar-refractivity contribution in [2.45, 2.75) is 6.92 Å². The molecule has 76 valence electrons. The van der Waals surface area contributed by atoms with E-state index in [1.54, 1.807) is 18.4 Å². The van der Waals surface area contributed by atoms with Crippen LogP contribution in [0.5, 0.6) is 0 Å². The summed E-state index contributed by atoms with van der Waals surface area (Å²) in [5.41, 5.74) is 1.90. The van der Waals surface area contributed by atoms with E-state index in [0.717, 1.165) is 0 Å². The van der Waals surface area contributed by atoms with Crippen LogP contribution in [0.2, 0.25) is 0 Å². The molecule has 0 N–H and O–H groups in total. The SMILES string of the molecule is Cc1cc(F)ccc1C(=O)c1ccsc1. The van der Waals surface area contributed by atoms with Crippen LogP contribution in [-0.2, 0) is 0 Å². The zero-order valence-electron chi connectivity index (χ0n) is 8.16. The Morgan fingerprint density at radius 2 is 2.13 bits per heavy atom. The summed E-state index contributed by atoms with van der Waals surface area (Å²) in [6.45, 7) is 1.74. The van der Waals surface area contributed by atoms with Crippen molar-refractivity contribution in [3.8, 4) is 0 Å². The van der Waals surface area contributed by atoms with Crippen molar-refractivity contribution in [2.75, 3.05) is 0 Å². The van der Waals surface area contributed by atoms with Crippen molar-refractivity contribution >= 4 is 17.1 Å². The predicted molar refractivity (Wildman–Crippen MR) is 58.9 cm³/mol. The first-order chi connectivity index (χ1) is 7.18. The number of hydrogen-bond donors (Lipinski definition) is 0. The fourth-order valence-electron chi connectivity index (χ4n) is 1.43. The summed E-state index contributed by atoms with van der Waals surface area (Å²) in [6, 6.07) is 5.99. The van der Waals surface area contributed by atoms with E-state index >= 15 is 0 Å². The van der Waals surface area contributed by atoms with Crippen molar-refractivity contribution in [1.82, 2.24) is 0 Å². The third-order valence-corrected chi connectivity index (χ3v) is 2.90. The number of carbonyl (C=O) groups is 1. The van der Waals surface area contributed by atoms with Gasteiger partial charge in [-0.15, -0.1) is 0 Å². The molecule has 15 heavy (non-hydrogen) atoms. The molecule has 0 saturated heterocycles. The Kier molecular flexibility index (Phi) is 2.64. The van der Waals surface area contributed by atoms with Gasteiger partial charge in [0.1, 0.15) is 5.82 Å². The zero-order valence-corrected chi connectivity index (χ0v) is 8.98. The van der Waals surface area contributed by atoms with E-state index in [1.165, 1.54) is 29.5 Å². The van der Waals surface area contributed by atoms with Crippen molar-refractivity contribution < 1.29 is 9.18 Å². The van der Waals surface area contributed by atoms with E-state index in [0.29, 0.717) is 16.7 Å². The smallest absolute Gasteiger partial charge is 0.194 e. The van der Waals surface area contributed by atoms with Crippen LogP contribution in [0.25, 0.3) is 0 Å². The maximum atomic E-state index is 12.8. The van der Waals surface area contributed by atoms with Crippen molar-refractivity contribution in [1.29, 1.82) is 0 Å². The Morgan fingerprint density at radius 3 is 2.73 bits per heavy atom. The minimum absolute atomic E-state index is 0.0475. The molecule has 0 unspecified atom stereocenters. The molecule has 2 aromatic rings. The Labute approximate surface area is 91.2 Å². The lowest BCUT2D eigenvalue weighted by Gasteiger charge is -2.02. The largest absolute Gasteiger partial charge is 0.289 e. The first-order valence-electron chi connectivity index (χ1n) is 4.51. The van der Waals surface area contributed by atoms with Crippen LogP contribution in [0.3, 0.4) is 0 Å². The van der Waals surface area contributed by atoms with Gasteiger partial charge in [-0.25, -0.2) is 4.39 Å². The van der Waals surface area contributed by atoms with E-state index < -0.39 is 0 Å². The average molecular weight is 220 g/mol. The van der Waals surface area contributed by atoms with Gasteiger partial charge in [-0.3, -0.25) is 4.79 Å². The molecule has 0 aliphatic rings. The molecule has 0 amide bonds. The van der Waals surface area contributed by atoms with E-state index in [4.69, 9.17) is 0 Å². The normalized spacial score (nSPS) is 10.3. The van der Waals surface area contributed by atoms with Crippen LogP contribution < -0.4 is 0 Å². The van der Waals surface area contributed by atoms with Gasteiger partial charge in [0, 0.05) is 16.5 Å². The highest BCUT2D eigenvalue weighted by molar-refractivity contribution is 7.08. The van der Waals surface area contributed by atoms with Crippen LogP contribution in [-0.4, -0.2) is 5.78 Å². The lowest BCUT2D eigenvalue weighted by molar-refractivity contribution is 0.103. The minimum atomic E-state index is -0.311. The standard InChI is InChI=1S/C12H9FOS/c1-8-6-10(13)2-3-11(8)12(14)9-4-5-15-7-9/h2-7H,1H3. The fourth-order valence-corrected chi connectivity index (χ4v) is 2.07. The number of rotatable bonds is 2.